The average molecular weight is 305 g/mol. The van der Waals surface area contributed by atoms with Crippen LogP contribution in [0.5, 0.6) is 0 Å². The summed E-state index contributed by atoms with van der Waals surface area (Å²) in [6.07, 6.45) is 0. The molecule has 0 saturated heterocycles. The molecule has 3 aromatic heterocycles. The van der Waals surface area contributed by atoms with Crippen LogP contribution in [0.4, 0.5) is 0 Å². The van der Waals surface area contributed by atoms with E-state index in [0.29, 0.717) is 11.8 Å². The van der Waals surface area contributed by atoms with Crippen molar-refractivity contribution < 1.29 is 4.52 Å². The first-order valence-electron chi connectivity index (χ1n) is 7.04. The minimum Gasteiger partial charge on any atom is -0.314 e. The first-order chi connectivity index (χ1) is 10.8. The van der Waals surface area contributed by atoms with Gasteiger partial charge in [0.25, 0.3) is 0 Å². The Morgan fingerprint density at radius 2 is 1.77 bits per heavy atom. The van der Waals surface area contributed by atoms with E-state index >= 15 is 0 Å². The third-order valence-electron chi connectivity index (χ3n) is 3.90. The van der Waals surface area contributed by atoms with Crippen LogP contribution in [-0.4, -0.2) is 14.7 Å². The Kier molecular flexibility index (Phi) is 2.27. The first-order valence-corrected chi connectivity index (χ1v) is 7.86. The maximum Gasteiger partial charge on any atom is 0.333 e. The number of para-hydroxylation sites is 1. The molecule has 0 atom stereocenters. The van der Waals surface area contributed by atoms with Crippen molar-refractivity contribution in [3.8, 4) is 6.01 Å². The highest BCUT2D eigenvalue weighted by molar-refractivity contribution is 7.25. The van der Waals surface area contributed by atoms with Crippen LogP contribution in [0.15, 0.2) is 53.1 Å². The summed E-state index contributed by atoms with van der Waals surface area (Å²) < 4.78 is 8.76. The number of benzene rings is 2. The van der Waals surface area contributed by atoms with Gasteiger partial charge in [-0.15, -0.1) is 11.3 Å². The summed E-state index contributed by atoms with van der Waals surface area (Å²) in [5, 5.41) is 7.68. The molecular formula is C17H11N3OS. The summed E-state index contributed by atoms with van der Waals surface area (Å²) >= 11 is 1.75. The van der Waals surface area contributed by atoms with Gasteiger partial charge in [-0.25, -0.2) is 0 Å². The molecule has 0 bridgehead atoms. The molecular weight excluding hydrogens is 294 g/mol. The second kappa shape index (κ2) is 4.18. The van der Waals surface area contributed by atoms with Crippen LogP contribution < -0.4 is 0 Å². The largest absolute Gasteiger partial charge is 0.333 e. The molecule has 0 amide bonds. The van der Waals surface area contributed by atoms with Crippen molar-refractivity contribution in [2.45, 2.75) is 6.92 Å². The fourth-order valence-electron chi connectivity index (χ4n) is 3.01. The van der Waals surface area contributed by atoms with E-state index in [2.05, 4.69) is 57.2 Å². The minimum absolute atomic E-state index is 0.523. The number of thiophene rings is 1. The fourth-order valence-corrected chi connectivity index (χ4v) is 4.23. The van der Waals surface area contributed by atoms with Gasteiger partial charge < -0.3 is 4.52 Å². The zero-order chi connectivity index (χ0) is 14.7. The Labute approximate surface area is 129 Å². The normalized spacial score (nSPS) is 11.9. The van der Waals surface area contributed by atoms with Crippen molar-refractivity contribution in [1.29, 1.82) is 0 Å². The lowest BCUT2D eigenvalue weighted by Gasteiger charge is -1.98. The summed E-state index contributed by atoms with van der Waals surface area (Å²) in [7, 11) is 0. The predicted octanol–water partition coefficient (Wildman–Crippen LogP) is 4.69. The van der Waals surface area contributed by atoms with Gasteiger partial charge in [0.2, 0.25) is 0 Å². The Balaban J connectivity index is 2.06. The van der Waals surface area contributed by atoms with Crippen LogP contribution in [0, 0.1) is 6.92 Å². The second-order valence-corrected chi connectivity index (χ2v) is 6.29. The molecule has 2 aromatic carbocycles. The third kappa shape index (κ3) is 1.46. The van der Waals surface area contributed by atoms with Gasteiger partial charge in [-0.3, -0.25) is 4.57 Å². The van der Waals surface area contributed by atoms with Crippen molar-refractivity contribution in [2.24, 2.45) is 0 Å². The first kappa shape index (κ1) is 11.9. The molecule has 0 fully saturated rings. The number of aryl methyl sites for hydroxylation is 1. The summed E-state index contributed by atoms with van der Waals surface area (Å²) in [4.78, 5) is 5.56. The third-order valence-corrected chi connectivity index (χ3v) is 5.06. The predicted molar refractivity (Wildman–Crippen MR) is 88.8 cm³/mol. The van der Waals surface area contributed by atoms with Gasteiger partial charge in [-0.1, -0.05) is 41.6 Å². The quantitative estimate of drug-likeness (QED) is 0.451. The maximum atomic E-state index is 5.43. The molecule has 106 valence electrons. The molecule has 22 heavy (non-hydrogen) atoms. The molecule has 0 saturated carbocycles. The Hall–Kier alpha value is -2.66. The number of rotatable bonds is 1. The van der Waals surface area contributed by atoms with Crippen molar-refractivity contribution in [3.63, 3.8) is 0 Å². The highest BCUT2D eigenvalue weighted by Crippen LogP contribution is 2.41. The Morgan fingerprint density at radius 1 is 1.00 bits per heavy atom. The van der Waals surface area contributed by atoms with Gasteiger partial charge in [-0.2, -0.15) is 4.98 Å². The topological polar surface area (TPSA) is 43.9 Å². The van der Waals surface area contributed by atoms with Crippen molar-refractivity contribution >= 4 is 42.5 Å². The zero-order valence-electron chi connectivity index (χ0n) is 11.8. The van der Waals surface area contributed by atoms with Gasteiger partial charge in [-0.05, 0) is 19.1 Å². The number of hydrogen-bond acceptors (Lipinski definition) is 4. The smallest absolute Gasteiger partial charge is 0.314 e. The number of nitrogens with zero attached hydrogens (tertiary/aromatic N) is 3. The van der Waals surface area contributed by atoms with Crippen LogP contribution in [0.2, 0.25) is 0 Å². The van der Waals surface area contributed by atoms with E-state index in [1.54, 1.807) is 11.3 Å². The summed E-state index contributed by atoms with van der Waals surface area (Å²) in [5.41, 5.74) is 1.10. The minimum atomic E-state index is 0.523. The Morgan fingerprint density at radius 3 is 2.59 bits per heavy atom. The molecule has 5 rings (SSSR count). The molecule has 0 spiro atoms. The monoisotopic (exact) mass is 305 g/mol. The van der Waals surface area contributed by atoms with Gasteiger partial charge in [0, 0.05) is 20.9 Å². The molecule has 0 N–H and O–H groups in total. The molecule has 0 radical (unpaired) electrons. The molecule has 5 aromatic rings. The number of hydrogen-bond donors (Lipinski definition) is 0. The van der Waals surface area contributed by atoms with Crippen LogP contribution in [0.1, 0.15) is 5.82 Å². The molecule has 0 unspecified atom stereocenters. The van der Waals surface area contributed by atoms with Crippen LogP contribution >= 0.6 is 11.3 Å². The van der Waals surface area contributed by atoms with Crippen LogP contribution in [-0.2, 0) is 0 Å². The van der Waals surface area contributed by atoms with Crippen molar-refractivity contribution in [3.05, 3.63) is 54.4 Å². The molecule has 0 aliphatic rings. The van der Waals surface area contributed by atoms with Crippen LogP contribution in [0.3, 0.4) is 0 Å². The van der Waals surface area contributed by atoms with E-state index in [1.807, 2.05) is 13.0 Å². The molecule has 4 nitrogen and oxygen atoms in total. The lowest BCUT2D eigenvalue weighted by atomic mass is 10.1. The highest BCUT2D eigenvalue weighted by Gasteiger charge is 2.19. The standard InChI is InChI=1S/C17H11N3OS/c1-10-18-17(21-19-10)20-13-8-4-2-6-11(13)15-12-7-3-5-9-14(12)22-16(15)20/h2-9H,1H3. The van der Waals surface area contributed by atoms with Gasteiger partial charge in [0.1, 0.15) is 4.83 Å². The molecule has 5 heteroatoms. The second-order valence-electron chi connectivity index (χ2n) is 5.26. The zero-order valence-corrected chi connectivity index (χ0v) is 12.6. The summed E-state index contributed by atoms with van der Waals surface area (Å²) in [6, 6.07) is 17.3. The highest BCUT2D eigenvalue weighted by atomic mass is 32.1. The lowest BCUT2D eigenvalue weighted by Crippen LogP contribution is -1.92. The lowest BCUT2D eigenvalue weighted by molar-refractivity contribution is 0.403. The van der Waals surface area contributed by atoms with E-state index in [1.165, 1.54) is 20.9 Å². The average Bonchev–Trinajstić information content (AvgIpc) is 3.19. The van der Waals surface area contributed by atoms with Crippen molar-refractivity contribution in [2.75, 3.05) is 0 Å². The Bertz CT molecular complexity index is 1150. The van der Waals surface area contributed by atoms with Crippen molar-refractivity contribution in [1.82, 2.24) is 14.7 Å². The van der Waals surface area contributed by atoms with Crippen LogP contribution in [0.25, 0.3) is 37.2 Å². The van der Waals surface area contributed by atoms with E-state index < -0.39 is 0 Å². The summed E-state index contributed by atoms with van der Waals surface area (Å²) in [5.74, 6) is 0.641. The van der Waals surface area contributed by atoms with Gasteiger partial charge >= 0.3 is 6.01 Å². The van der Waals surface area contributed by atoms with E-state index in [9.17, 15) is 0 Å². The van der Waals surface area contributed by atoms with E-state index in [0.717, 1.165) is 10.3 Å². The van der Waals surface area contributed by atoms with Gasteiger partial charge in [0.05, 0.1) is 5.52 Å². The van der Waals surface area contributed by atoms with E-state index in [-0.39, 0.29) is 0 Å². The molecule has 0 aliphatic heterocycles. The molecule has 3 heterocycles. The molecule has 0 aliphatic carbocycles. The van der Waals surface area contributed by atoms with E-state index in [4.69, 9.17) is 4.52 Å². The fraction of sp³-hybridized carbons (Fsp3) is 0.0588. The van der Waals surface area contributed by atoms with Gasteiger partial charge in [0.15, 0.2) is 5.82 Å². The number of fused-ring (bicyclic) bond motifs is 5. The maximum absolute atomic E-state index is 5.43. The number of aromatic nitrogens is 3. The summed E-state index contributed by atoms with van der Waals surface area (Å²) in [6.45, 7) is 1.83. The SMILES string of the molecule is Cc1noc(-n2c3ccccc3c3c4ccccc4sc32)n1.